The van der Waals surface area contributed by atoms with Gasteiger partial charge in [-0.3, -0.25) is 4.79 Å². The zero-order valence-electron chi connectivity index (χ0n) is 14.0. The quantitative estimate of drug-likeness (QED) is 0.938. The summed E-state index contributed by atoms with van der Waals surface area (Å²) in [5, 5.41) is 7.48. The lowest BCUT2D eigenvalue weighted by Crippen LogP contribution is -2.55. The van der Waals surface area contributed by atoms with E-state index in [1.165, 1.54) is 0 Å². The maximum atomic E-state index is 12.7. The van der Waals surface area contributed by atoms with Crippen molar-refractivity contribution in [3.05, 3.63) is 35.7 Å². The van der Waals surface area contributed by atoms with Crippen molar-refractivity contribution in [2.24, 2.45) is 0 Å². The lowest BCUT2D eigenvalue weighted by Gasteiger charge is -2.36. The van der Waals surface area contributed by atoms with Crippen LogP contribution in [0.2, 0.25) is 0 Å². The van der Waals surface area contributed by atoms with Gasteiger partial charge in [0.05, 0.1) is 0 Å². The summed E-state index contributed by atoms with van der Waals surface area (Å²) in [6.07, 6.45) is 2.29. The van der Waals surface area contributed by atoms with Gasteiger partial charge in [0.15, 0.2) is 5.82 Å². The first-order valence-electron chi connectivity index (χ1n) is 8.59. The Morgan fingerprint density at radius 1 is 1.17 bits per heavy atom. The minimum Gasteiger partial charge on any atom is -0.336 e. The minimum absolute atomic E-state index is 0.0750. The Bertz CT molecular complexity index is 726. The summed E-state index contributed by atoms with van der Waals surface area (Å²) in [6, 6.07) is 8.08. The number of rotatable bonds is 3. The van der Waals surface area contributed by atoms with Crippen LogP contribution in [0.5, 0.6) is 0 Å². The van der Waals surface area contributed by atoms with E-state index in [-0.39, 0.29) is 5.91 Å². The van der Waals surface area contributed by atoms with Crippen LogP contribution in [0, 0.1) is 0 Å². The summed E-state index contributed by atoms with van der Waals surface area (Å²) in [4.78, 5) is 19.0. The molecule has 0 bridgehead atoms. The molecule has 2 aromatic rings. The lowest BCUT2D eigenvalue weighted by molar-refractivity contribution is 0.0674. The summed E-state index contributed by atoms with van der Waals surface area (Å²) < 4.78 is 5.33. The fourth-order valence-corrected chi connectivity index (χ4v) is 3.29. The third kappa shape index (κ3) is 3.06. The number of piperazine rings is 1. The van der Waals surface area contributed by atoms with Gasteiger partial charge < -0.3 is 14.7 Å². The topological polar surface area (TPSA) is 71.3 Å². The van der Waals surface area contributed by atoms with Crippen LogP contribution < -0.4 is 5.32 Å². The number of nitrogens with zero attached hydrogens (tertiary/aromatic N) is 3. The van der Waals surface area contributed by atoms with Gasteiger partial charge in [-0.25, -0.2) is 0 Å². The Hall–Kier alpha value is -2.21. The molecule has 1 saturated heterocycles. The van der Waals surface area contributed by atoms with E-state index in [0.717, 1.165) is 37.3 Å². The van der Waals surface area contributed by atoms with Gasteiger partial charge in [0, 0.05) is 42.2 Å². The molecule has 24 heavy (non-hydrogen) atoms. The maximum Gasteiger partial charge on any atom is 0.257 e. The SMILES string of the molecule is CC1CN(C(=O)c2ccc(-c3nc(C4CC4)no3)cc2)CC(C)N1. The van der Waals surface area contributed by atoms with Gasteiger partial charge in [-0.1, -0.05) is 5.16 Å². The molecule has 6 nitrogen and oxygen atoms in total. The number of aromatic nitrogens is 2. The smallest absolute Gasteiger partial charge is 0.257 e. The second-order valence-electron chi connectivity index (χ2n) is 6.99. The van der Waals surface area contributed by atoms with E-state index < -0.39 is 0 Å². The standard InChI is InChI=1S/C18H22N4O2/c1-11-9-22(10-12(2)19-11)18(23)15-7-5-14(6-8-15)17-20-16(21-24-17)13-3-4-13/h5-8,11-13,19H,3-4,9-10H2,1-2H3. The van der Waals surface area contributed by atoms with Crippen LogP contribution in [0.15, 0.2) is 28.8 Å². The zero-order valence-corrected chi connectivity index (χ0v) is 14.0. The highest BCUT2D eigenvalue weighted by Gasteiger charge is 2.29. The number of nitrogens with one attached hydrogen (secondary N) is 1. The van der Waals surface area contributed by atoms with Crippen LogP contribution in [-0.2, 0) is 0 Å². The van der Waals surface area contributed by atoms with Crippen molar-refractivity contribution in [3.8, 4) is 11.5 Å². The second kappa shape index (κ2) is 6.02. The van der Waals surface area contributed by atoms with Crippen molar-refractivity contribution in [1.29, 1.82) is 0 Å². The molecule has 2 atom stereocenters. The average molecular weight is 326 g/mol. The van der Waals surface area contributed by atoms with Crippen molar-refractivity contribution in [2.75, 3.05) is 13.1 Å². The third-order valence-electron chi connectivity index (χ3n) is 4.61. The van der Waals surface area contributed by atoms with Crippen molar-refractivity contribution >= 4 is 5.91 Å². The summed E-state index contributed by atoms with van der Waals surface area (Å²) >= 11 is 0. The first-order chi connectivity index (χ1) is 11.6. The average Bonchev–Trinajstić information content (AvgIpc) is 3.31. The highest BCUT2D eigenvalue weighted by Crippen LogP contribution is 2.38. The molecule has 2 heterocycles. The molecule has 6 heteroatoms. The summed E-state index contributed by atoms with van der Waals surface area (Å²) in [6.45, 7) is 5.68. The van der Waals surface area contributed by atoms with E-state index in [2.05, 4.69) is 29.3 Å². The predicted octanol–water partition coefficient (Wildman–Crippen LogP) is 2.44. The van der Waals surface area contributed by atoms with Crippen LogP contribution in [-0.4, -0.2) is 46.1 Å². The molecule has 1 saturated carbocycles. The third-order valence-corrected chi connectivity index (χ3v) is 4.61. The first kappa shape index (κ1) is 15.3. The molecule has 1 aliphatic carbocycles. The molecule has 1 aromatic carbocycles. The summed E-state index contributed by atoms with van der Waals surface area (Å²) in [5.41, 5.74) is 1.55. The van der Waals surface area contributed by atoms with Crippen LogP contribution in [0.3, 0.4) is 0 Å². The number of hydrogen-bond donors (Lipinski definition) is 1. The van der Waals surface area contributed by atoms with E-state index in [0.29, 0.717) is 29.5 Å². The summed E-state index contributed by atoms with van der Waals surface area (Å²) in [7, 11) is 0. The fraction of sp³-hybridized carbons (Fsp3) is 0.500. The van der Waals surface area contributed by atoms with Crippen molar-refractivity contribution < 1.29 is 9.32 Å². The molecule has 1 aliphatic heterocycles. The van der Waals surface area contributed by atoms with Gasteiger partial charge in [-0.15, -0.1) is 0 Å². The molecule has 4 rings (SSSR count). The van der Waals surface area contributed by atoms with Gasteiger partial charge in [0.1, 0.15) is 0 Å². The lowest BCUT2D eigenvalue weighted by atomic mass is 10.1. The summed E-state index contributed by atoms with van der Waals surface area (Å²) in [5.74, 6) is 1.88. The Balaban J connectivity index is 1.49. The molecule has 1 amide bonds. The second-order valence-corrected chi connectivity index (χ2v) is 6.99. The number of carbonyl (C=O) groups excluding carboxylic acids is 1. The molecule has 2 aliphatic rings. The monoisotopic (exact) mass is 326 g/mol. The number of amides is 1. The Labute approximate surface area is 141 Å². The zero-order chi connectivity index (χ0) is 16.7. The Morgan fingerprint density at radius 3 is 2.46 bits per heavy atom. The molecule has 1 N–H and O–H groups in total. The van der Waals surface area contributed by atoms with Crippen LogP contribution >= 0.6 is 0 Å². The van der Waals surface area contributed by atoms with Gasteiger partial charge >= 0.3 is 0 Å². The van der Waals surface area contributed by atoms with E-state index in [1.54, 1.807) is 0 Å². The van der Waals surface area contributed by atoms with Crippen LogP contribution in [0.1, 0.15) is 48.8 Å². The van der Waals surface area contributed by atoms with E-state index in [4.69, 9.17) is 4.52 Å². The predicted molar refractivity (Wildman–Crippen MR) is 89.7 cm³/mol. The Morgan fingerprint density at radius 2 is 1.83 bits per heavy atom. The number of benzene rings is 1. The van der Waals surface area contributed by atoms with Crippen LogP contribution in [0.4, 0.5) is 0 Å². The molecule has 0 radical (unpaired) electrons. The Kier molecular flexibility index (Phi) is 3.84. The number of hydrogen-bond acceptors (Lipinski definition) is 5. The van der Waals surface area contributed by atoms with Crippen molar-refractivity contribution in [2.45, 2.75) is 44.7 Å². The minimum atomic E-state index is 0.0750. The molecule has 2 unspecified atom stereocenters. The molecular weight excluding hydrogens is 304 g/mol. The molecule has 0 spiro atoms. The van der Waals surface area contributed by atoms with E-state index in [9.17, 15) is 4.79 Å². The van der Waals surface area contributed by atoms with Gasteiger partial charge in [0.25, 0.3) is 11.8 Å². The molecule has 126 valence electrons. The van der Waals surface area contributed by atoms with Gasteiger partial charge in [-0.05, 0) is 51.0 Å². The van der Waals surface area contributed by atoms with Crippen LogP contribution in [0.25, 0.3) is 11.5 Å². The van der Waals surface area contributed by atoms with Gasteiger partial charge in [-0.2, -0.15) is 4.98 Å². The largest absolute Gasteiger partial charge is 0.336 e. The van der Waals surface area contributed by atoms with Crippen molar-refractivity contribution in [1.82, 2.24) is 20.4 Å². The van der Waals surface area contributed by atoms with E-state index >= 15 is 0 Å². The van der Waals surface area contributed by atoms with E-state index in [1.807, 2.05) is 29.2 Å². The van der Waals surface area contributed by atoms with Gasteiger partial charge in [0.2, 0.25) is 0 Å². The first-order valence-corrected chi connectivity index (χ1v) is 8.59. The fourth-order valence-electron chi connectivity index (χ4n) is 3.29. The number of carbonyl (C=O) groups is 1. The molecule has 1 aromatic heterocycles. The highest BCUT2D eigenvalue weighted by molar-refractivity contribution is 5.94. The molecular formula is C18H22N4O2. The highest BCUT2D eigenvalue weighted by atomic mass is 16.5. The van der Waals surface area contributed by atoms with Crippen molar-refractivity contribution in [3.63, 3.8) is 0 Å². The molecule has 2 fully saturated rings. The maximum absolute atomic E-state index is 12.7. The normalized spacial score (nSPS) is 24.2.